The molecule has 0 radical (unpaired) electrons. The van der Waals surface area contributed by atoms with Crippen LogP contribution in [0.25, 0.3) is 0 Å². The number of hydrogen-bond donors (Lipinski definition) is 4. The summed E-state index contributed by atoms with van der Waals surface area (Å²) in [6, 6.07) is 10.5. The highest BCUT2D eigenvalue weighted by molar-refractivity contribution is 6.40. The summed E-state index contributed by atoms with van der Waals surface area (Å²) < 4.78 is 0. The number of hydrogen-bond acceptors (Lipinski definition) is 5. The summed E-state index contributed by atoms with van der Waals surface area (Å²) in [4.78, 5) is 14.3. The standard InChI is InChI=1S/C21H35BN2O4/c23-21(20(25)26,13-5-6-14-22(27)28)19-11-16-24(17-12-19)15-7-4-10-18-8-2-1-3-9-18/h1-3,8-9,19,27-28H,4-7,10-17,23H2,(H,25,26). The zero-order valence-electron chi connectivity index (χ0n) is 16.8. The van der Waals surface area contributed by atoms with Crippen LogP contribution in [-0.2, 0) is 11.2 Å². The van der Waals surface area contributed by atoms with Crippen molar-refractivity contribution in [2.24, 2.45) is 11.7 Å². The van der Waals surface area contributed by atoms with E-state index in [1.165, 1.54) is 5.56 Å². The molecule has 1 aromatic rings. The monoisotopic (exact) mass is 390 g/mol. The SMILES string of the molecule is NC(CCCCB(O)O)(C(=O)O)C1CCN(CCCCc2ccccc2)CC1. The normalized spacial score (nSPS) is 18.0. The first-order valence-corrected chi connectivity index (χ1v) is 10.6. The summed E-state index contributed by atoms with van der Waals surface area (Å²) in [5.74, 6) is -0.956. The highest BCUT2D eigenvalue weighted by atomic mass is 16.4. The number of benzene rings is 1. The van der Waals surface area contributed by atoms with Crippen molar-refractivity contribution in [3.8, 4) is 0 Å². The van der Waals surface area contributed by atoms with Crippen LogP contribution in [0.5, 0.6) is 0 Å². The number of nitrogens with zero attached hydrogens (tertiary/aromatic N) is 1. The number of rotatable bonds is 12. The Morgan fingerprint density at radius 2 is 1.79 bits per heavy atom. The number of carbonyl (C=O) groups is 1. The van der Waals surface area contributed by atoms with Crippen LogP contribution in [0.4, 0.5) is 0 Å². The molecule has 0 amide bonds. The van der Waals surface area contributed by atoms with E-state index in [0.29, 0.717) is 19.3 Å². The van der Waals surface area contributed by atoms with E-state index in [-0.39, 0.29) is 12.2 Å². The van der Waals surface area contributed by atoms with Crippen LogP contribution in [0.3, 0.4) is 0 Å². The Kier molecular flexibility index (Phi) is 9.45. The Hall–Kier alpha value is -1.41. The minimum Gasteiger partial charge on any atom is -0.480 e. The quantitative estimate of drug-likeness (QED) is 0.322. The number of aliphatic carboxylic acids is 1. The number of nitrogens with two attached hydrogens (primary N) is 1. The van der Waals surface area contributed by atoms with Crippen LogP contribution in [0.2, 0.25) is 6.32 Å². The fourth-order valence-corrected chi connectivity index (χ4v) is 4.21. The molecule has 6 nitrogen and oxygen atoms in total. The van der Waals surface area contributed by atoms with Crippen LogP contribution < -0.4 is 5.73 Å². The molecule has 7 heteroatoms. The first-order chi connectivity index (χ1) is 13.4. The summed E-state index contributed by atoms with van der Waals surface area (Å²) in [5, 5.41) is 27.6. The number of carboxylic acids is 1. The molecule has 1 atom stereocenters. The van der Waals surface area contributed by atoms with E-state index in [2.05, 4.69) is 29.2 Å². The van der Waals surface area contributed by atoms with E-state index < -0.39 is 18.6 Å². The van der Waals surface area contributed by atoms with Crippen LogP contribution in [-0.4, -0.2) is 58.3 Å². The van der Waals surface area contributed by atoms with Gasteiger partial charge in [0.2, 0.25) is 0 Å². The second kappa shape index (κ2) is 11.6. The fourth-order valence-electron chi connectivity index (χ4n) is 4.21. The topological polar surface area (TPSA) is 107 Å². The molecule has 1 heterocycles. The van der Waals surface area contributed by atoms with Gasteiger partial charge >= 0.3 is 13.1 Å². The lowest BCUT2D eigenvalue weighted by atomic mass is 9.74. The summed E-state index contributed by atoms with van der Waals surface area (Å²) in [5.41, 5.74) is 6.49. The minimum absolute atomic E-state index is 0.0235. The molecular weight excluding hydrogens is 355 g/mol. The Labute approximate surface area is 168 Å². The summed E-state index contributed by atoms with van der Waals surface area (Å²) >= 11 is 0. The fraction of sp³-hybridized carbons (Fsp3) is 0.667. The van der Waals surface area contributed by atoms with Gasteiger partial charge in [0.15, 0.2) is 0 Å². The molecule has 1 fully saturated rings. The van der Waals surface area contributed by atoms with Gasteiger partial charge in [0.05, 0.1) is 0 Å². The summed E-state index contributed by atoms with van der Waals surface area (Å²) in [6.45, 7) is 2.85. The Morgan fingerprint density at radius 1 is 1.11 bits per heavy atom. The van der Waals surface area contributed by atoms with Gasteiger partial charge in [-0.15, -0.1) is 0 Å². The third-order valence-electron chi connectivity index (χ3n) is 6.05. The van der Waals surface area contributed by atoms with Crippen molar-refractivity contribution in [1.29, 1.82) is 0 Å². The lowest BCUT2D eigenvalue weighted by Crippen LogP contribution is -2.57. The zero-order chi connectivity index (χ0) is 20.4. The molecule has 0 aromatic heterocycles. The van der Waals surface area contributed by atoms with E-state index >= 15 is 0 Å². The lowest BCUT2D eigenvalue weighted by Gasteiger charge is -2.40. The maximum atomic E-state index is 11.8. The number of piperidine rings is 1. The molecule has 1 aliphatic rings. The van der Waals surface area contributed by atoms with Crippen LogP contribution in [0.15, 0.2) is 30.3 Å². The highest BCUT2D eigenvalue weighted by Crippen LogP contribution is 2.31. The molecule has 28 heavy (non-hydrogen) atoms. The molecule has 156 valence electrons. The van der Waals surface area contributed by atoms with Crippen molar-refractivity contribution >= 4 is 13.1 Å². The van der Waals surface area contributed by atoms with Crippen molar-refractivity contribution < 1.29 is 19.9 Å². The zero-order valence-corrected chi connectivity index (χ0v) is 16.8. The van der Waals surface area contributed by atoms with Gasteiger partial charge in [0.1, 0.15) is 5.54 Å². The van der Waals surface area contributed by atoms with Crippen LogP contribution in [0.1, 0.15) is 50.5 Å². The maximum Gasteiger partial charge on any atom is 0.451 e. The van der Waals surface area contributed by atoms with Crippen molar-refractivity contribution in [2.75, 3.05) is 19.6 Å². The van der Waals surface area contributed by atoms with Gasteiger partial charge in [0, 0.05) is 0 Å². The van der Waals surface area contributed by atoms with E-state index in [4.69, 9.17) is 15.8 Å². The average Bonchev–Trinajstić information content (AvgIpc) is 2.69. The molecule has 0 aliphatic carbocycles. The number of carboxylic acid groups (broad SMARTS) is 1. The predicted molar refractivity (Wildman–Crippen MR) is 112 cm³/mol. The number of likely N-dealkylation sites (tertiary alicyclic amines) is 1. The largest absolute Gasteiger partial charge is 0.480 e. The molecule has 0 saturated carbocycles. The molecule has 2 rings (SSSR count). The molecule has 1 saturated heterocycles. The van der Waals surface area contributed by atoms with Crippen LogP contribution in [0, 0.1) is 5.92 Å². The van der Waals surface area contributed by atoms with Gasteiger partial charge < -0.3 is 25.8 Å². The van der Waals surface area contributed by atoms with Gasteiger partial charge in [0.25, 0.3) is 0 Å². The van der Waals surface area contributed by atoms with Gasteiger partial charge in [-0.3, -0.25) is 4.79 Å². The van der Waals surface area contributed by atoms with Crippen molar-refractivity contribution in [1.82, 2.24) is 4.90 Å². The van der Waals surface area contributed by atoms with E-state index in [0.717, 1.165) is 51.7 Å². The van der Waals surface area contributed by atoms with Crippen molar-refractivity contribution in [3.63, 3.8) is 0 Å². The molecule has 0 spiro atoms. The van der Waals surface area contributed by atoms with Gasteiger partial charge in [-0.05, 0) is 76.0 Å². The molecule has 1 unspecified atom stereocenters. The van der Waals surface area contributed by atoms with E-state index in [1.807, 2.05) is 6.07 Å². The number of aryl methyl sites for hydroxylation is 1. The first kappa shape index (κ1) is 22.9. The summed E-state index contributed by atoms with van der Waals surface area (Å²) in [6.07, 6.45) is 6.85. The second-order valence-electron chi connectivity index (χ2n) is 8.13. The molecular formula is C21H35BN2O4. The van der Waals surface area contributed by atoms with Crippen LogP contribution >= 0.6 is 0 Å². The smallest absolute Gasteiger partial charge is 0.451 e. The average molecular weight is 390 g/mol. The van der Waals surface area contributed by atoms with Gasteiger partial charge in [-0.2, -0.15) is 0 Å². The Balaban J connectivity index is 1.70. The number of unbranched alkanes of at least 4 members (excludes halogenated alkanes) is 2. The maximum absolute atomic E-state index is 11.8. The van der Waals surface area contributed by atoms with E-state index in [9.17, 15) is 9.90 Å². The Bertz CT molecular complexity index is 579. The molecule has 0 bridgehead atoms. The molecule has 1 aromatic carbocycles. The minimum atomic E-state index is -1.33. The summed E-state index contributed by atoms with van der Waals surface area (Å²) in [7, 11) is -1.33. The third-order valence-corrected chi connectivity index (χ3v) is 6.05. The van der Waals surface area contributed by atoms with Crippen molar-refractivity contribution in [2.45, 2.75) is 63.2 Å². The predicted octanol–water partition coefficient (Wildman–Crippen LogP) is 2.15. The van der Waals surface area contributed by atoms with Crippen molar-refractivity contribution in [3.05, 3.63) is 35.9 Å². The molecule has 1 aliphatic heterocycles. The molecule has 5 N–H and O–H groups in total. The van der Waals surface area contributed by atoms with E-state index in [1.54, 1.807) is 0 Å². The highest BCUT2D eigenvalue weighted by Gasteiger charge is 2.42. The Morgan fingerprint density at radius 3 is 2.39 bits per heavy atom. The second-order valence-corrected chi connectivity index (χ2v) is 8.13. The third kappa shape index (κ3) is 7.20. The van der Waals surface area contributed by atoms with Gasteiger partial charge in [-0.25, -0.2) is 0 Å². The van der Waals surface area contributed by atoms with Gasteiger partial charge in [-0.1, -0.05) is 43.2 Å². The first-order valence-electron chi connectivity index (χ1n) is 10.6. The lowest BCUT2D eigenvalue weighted by molar-refractivity contribution is -0.147.